The predicted molar refractivity (Wildman–Crippen MR) is 25.6 cm³/mol. The van der Waals surface area contributed by atoms with E-state index in [0.29, 0.717) is 0 Å². The number of phosphoric acid groups is 1. The van der Waals surface area contributed by atoms with Crippen LogP contribution in [0, 0.1) is 0 Å². The molecule has 7 nitrogen and oxygen atoms in total. The van der Waals surface area contributed by atoms with E-state index >= 15 is 0 Å². The minimum Gasteiger partial charge on any atom is -0.822 e. The molecule has 0 atom stereocenters. The summed E-state index contributed by atoms with van der Waals surface area (Å²) in [6.45, 7) is 0. The van der Waals surface area contributed by atoms with Crippen LogP contribution in [-0.2, 0) is 21.6 Å². The summed E-state index contributed by atoms with van der Waals surface area (Å²) in [5.41, 5.74) is 0. The van der Waals surface area contributed by atoms with Crippen molar-refractivity contribution in [3.63, 3.8) is 0 Å². The number of hydrogen-bond donors (Lipinski definition) is 3. The molecule has 0 aromatic heterocycles. The maximum atomic E-state index is 8.55. The zero-order chi connectivity index (χ0) is 4.50. The quantitative estimate of drug-likeness (QED) is 0.312. The van der Waals surface area contributed by atoms with Gasteiger partial charge >= 0.3 is 0 Å². The standard InChI is InChI=1S/Mn.3H3N.H3O4P/c;;;;1-5(2,3)4/h;3*1H3;(H3,1,2,3,4). The Balaban J connectivity index is -0.0000000133. The fraction of sp³-hybridized carbons (Fsp3) is 0. The Morgan fingerprint density at radius 1 is 0.889 bits per heavy atom. The molecule has 63 valence electrons. The van der Waals surface area contributed by atoms with Crippen molar-refractivity contribution in [2.24, 2.45) is 0 Å². The van der Waals surface area contributed by atoms with Gasteiger partial charge < -0.3 is 37.7 Å². The van der Waals surface area contributed by atoms with Gasteiger partial charge in [-0.25, -0.2) is 0 Å². The van der Waals surface area contributed by atoms with Crippen LogP contribution in [0.5, 0.6) is 0 Å². The van der Waals surface area contributed by atoms with Gasteiger partial charge in [-0.15, -0.1) is 0 Å². The van der Waals surface area contributed by atoms with Gasteiger partial charge in [-0.3, -0.25) is 0 Å². The van der Waals surface area contributed by atoms with Crippen LogP contribution < -0.4 is 33.1 Å². The van der Waals surface area contributed by atoms with Crippen molar-refractivity contribution in [2.75, 3.05) is 0 Å². The summed E-state index contributed by atoms with van der Waals surface area (Å²) in [4.78, 5) is 25.6. The molecule has 12 N–H and O–H groups in total. The third-order valence-electron chi connectivity index (χ3n) is 0. The molecule has 0 saturated heterocycles. The second-order valence-corrected chi connectivity index (χ2v) is 1.34. The third-order valence-corrected chi connectivity index (χ3v) is 0. The van der Waals surface area contributed by atoms with Gasteiger partial charge in [-0.2, -0.15) is 7.82 Å². The zero-order valence-corrected chi connectivity index (χ0v) is 7.53. The molecule has 0 fully saturated rings. The first-order valence-corrected chi connectivity index (χ1v) is 2.19. The van der Waals surface area contributed by atoms with Gasteiger partial charge in [0, 0.05) is 17.1 Å². The van der Waals surface area contributed by atoms with Crippen LogP contribution in [0.15, 0.2) is 0 Å². The Hall–Kier alpha value is 0.509. The Labute approximate surface area is 63.3 Å². The molecule has 0 spiro atoms. The van der Waals surface area contributed by atoms with Gasteiger partial charge in [0.1, 0.15) is 0 Å². The van der Waals surface area contributed by atoms with Crippen LogP contribution in [0.1, 0.15) is 0 Å². The summed E-state index contributed by atoms with van der Waals surface area (Å²) in [6.07, 6.45) is 0. The Kier molecular flexibility index (Phi) is 42.6. The van der Waals surface area contributed by atoms with Crippen molar-refractivity contribution in [2.45, 2.75) is 0 Å². The van der Waals surface area contributed by atoms with Crippen molar-refractivity contribution in [1.29, 1.82) is 0 Å². The van der Waals surface area contributed by atoms with Crippen molar-refractivity contribution < 1.29 is 36.3 Å². The largest absolute Gasteiger partial charge is 0.822 e. The van der Waals surface area contributed by atoms with E-state index in [9.17, 15) is 0 Å². The molecule has 0 aliphatic heterocycles. The average molecular weight is 204 g/mol. The SMILES string of the molecule is O=P([O-])([O-])[O-].[Mn].[NH4+].[NH4+].[NH4+]. The monoisotopic (exact) mass is 204 g/mol. The summed E-state index contributed by atoms with van der Waals surface area (Å²) >= 11 is 0. The second kappa shape index (κ2) is 11.3. The molecule has 0 rings (SSSR count). The molecule has 0 heterocycles. The molecule has 9 heteroatoms. The second-order valence-electron chi connectivity index (χ2n) is 0.447. The topological polar surface area (TPSA) is 196 Å². The predicted octanol–water partition coefficient (Wildman–Crippen LogP) is -1.70. The molecular weight excluding hydrogens is 192 g/mol. The maximum absolute atomic E-state index is 8.55. The molecule has 1 radical (unpaired) electrons. The normalized spacial score (nSPS) is 6.56. The first-order chi connectivity index (χ1) is 2.00. The van der Waals surface area contributed by atoms with Crippen LogP contribution in [-0.4, -0.2) is 0 Å². The van der Waals surface area contributed by atoms with E-state index in [2.05, 4.69) is 0 Å². The molecule has 0 aliphatic rings. The van der Waals surface area contributed by atoms with E-state index < -0.39 is 7.82 Å². The van der Waals surface area contributed by atoms with Crippen molar-refractivity contribution >= 4 is 7.82 Å². The number of quaternary nitrogens is 3. The van der Waals surface area contributed by atoms with Gasteiger partial charge in [0.15, 0.2) is 0 Å². The molecular formula is H12MnN3O4P. The fourth-order valence-corrected chi connectivity index (χ4v) is 0. The molecule has 0 bridgehead atoms. The first-order valence-electron chi connectivity index (χ1n) is 0.730. The van der Waals surface area contributed by atoms with Crippen molar-refractivity contribution in [3.8, 4) is 0 Å². The smallest absolute Gasteiger partial charge is 0 e. The molecule has 0 aromatic rings. The van der Waals surface area contributed by atoms with Crippen LogP contribution in [0.4, 0.5) is 0 Å². The van der Waals surface area contributed by atoms with Crippen LogP contribution in [0.3, 0.4) is 0 Å². The molecule has 0 aromatic carbocycles. The van der Waals surface area contributed by atoms with E-state index in [0.717, 1.165) is 0 Å². The molecule has 9 heavy (non-hydrogen) atoms. The number of hydrogen-bond acceptors (Lipinski definition) is 4. The minimum atomic E-state index is -5.39. The first kappa shape index (κ1) is 33.9. The fourth-order valence-electron chi connectivity index (χ4n) is 0. The Bertz CT molecular complexity index is 61.9. The number of rotatable bonds is 0. The van der Waals surface area contributed by atoms with Crippen LogP contribution in [0.2, 0.25) is 0 Å². The van der Waals surface area contributed by atoms with Gasteiger partial charge in [-0.05, 0) is 0 Å². The van der Waals surface area contributed by atoms with E-state index in [-0.39, 0.29) is 35.5 Å². The summed E-state index contributed by atoms with van der Waals surface area (Å²) in [5, 5.41) is 0. The van der Waals surface area contributed by atoms with Crippen LogP contribution in [0.25, 0.3) is 0 Å². The Morgan fingerprint density at radius 2 is 0.889 bits per heavy atom. The van der Waals surface area contributed by atoms with E-state index in [1.165, 1.54) is 0 Å². The van der Waals surface area contributed by atoms with Gasteiger partial charge in [0.05, 0.1) is 0 Å². The molecule has 0 unspecified atom stereocenters. The van der Waals surface area contributed by atoms with E-state index in [1.807, 2.05) is 0 Å². The summed E-state index contributed by atoms with van der Waals surface area (Å²) in [6, 6.07) is 0. The van der Waals surface area contributed by atoms with Gasteiger partial charge in [0.25, 0.3) is 0 Å². The third kappa shape index (κ3) is 1390. The maximum Gasteiger partial charge on any atom is 0 e. The summed E-state index contributed by atoms with van der Waals surface area (Å²) in [7, 11) is -5.39. The Morgan fingerprint density at radius 3 is 0.889 bits per heavy atom. The van der Waals surface area contributed by atoms with E-state index in [1.54, 1.807) is 0 Å². The van der Waals surface area contributed by atoms with Crippen molar-refractivity contribution in [3.05, 3.63) is 0 Å². The molecule has 0 saturated carbocycles. The van der Waals surface area contributed by atoms with Crippen molar-refractivity contribution in [1.82, 2.24) is 18.5 Å². The van der Waals surface area contributed by atoms with Gasteiger partial charge in [-0.1, -0.05) is 0 Å². The summed E-state index contributed by atoms with van der Waals surface area (Å²) in [5.74, 6) is 0. The molecule has 0 aliphatic carbocycles. The van der Waals surface area contributed by atoms with Gasteiger partial charge in [0.2, 0.25) is 0 Å². The zero-order valence-electron chi connectivity index (χ0n) is 5.46. The van der Waals surface area contributed by atoms with Crippen LogP contribution >= 0.6 is 7.82 Å². The average Bonchev–Trinajstić information content (AvgIpc) is 0.722. The molecule has 0 amide bonds. The van der Waals surface area contributed by atoms with E-state index in [4.69, 9.17) is 19.2 Å². The summed E-state index contributed by atoms with van der Waals surface area (Å²) < 4.78 is 8.55. The minimum absolute atomic E-state index is 0.